The maximum absolute atomic E-state index is 12.8. The molecule has 0 aliphatic carbocycles. The first-order valence-electron chi connectivity index (χ1n) is 6.83. The van der Waals surface area contributed by atoms with Crippen molar-refractivity contribution in [3.8, 4) is 0 Å². The second-order valence-electron chi connectivity index (χ2n) is 4.98. The molecule has 0 saturated heterocycles. The van der Waals surface area contributed by atoms with Gasteiger partial charge in [-0.15, -0.1) is 0 Å². The fourth-order valence-corrected chi connectivity index (χ4v) is 4.08. The second-order valence-corrected chi connectivity index (χ2v) is 6.84. The maximum Gasteiger partial charge on any atom is 0.337 e. The Hall–Kier alpha value is -2.34. The van der Waals surface area contributed by atoms with Gasteiger partial charge in [-0.3, -0.25) is 4.31 Å². The molecule has 0 fully saturated rings. The molecule has 0 amide bonds. The molecule has 1 aliphatic rings. The van der Waals surface area contributed by atoms with Crippen LogP contribution in [0.5, 0.6) is 0 Å². The lowest BCUT2D eigenvalue weighted by atomic mass is 10.1. The predicted molar refractivity (Wildman–Crippen MR) is 82.5 cm³/mol. The summed E-state index contributed by atoms with van der Waals surface area (Å²) in [6.07, 6.45) is 0.628. The Labute approximate surface area is 129 Å². The summed E-state index contributed by atoms with van der Waals surface area (Å²) in [5.74, 6) is -0.480. The fraction of sp³-hybridized carbons (Fsp3) is 0.188. The summed E-state index contributed by atoms with van der Waals surface area (Å²) in [4.78, 5) is 11.9. The van der Waals surface area contributed by atoms with E-state index in [0.29, 0.717) is 24.2 Å². The summed E-state index contributed by atoms with van der Waals surface area (Å²) >= 11 is 0. The lowest BCUT2D eigenvalue weighted by Crippen LogP contribution is -2.29. The third-order valence-electron chi connectivity index (χ3n) is 3.69. The van der Waals surface area contributed by atoms with E-state index in [1.807, 2.05) is 0 Å². The lowest BCUT2D eigenvalue weighted by molar-refractivity contribution is 0.0601. The molecule has 1 aliphatic heterocycles. The summed E-state index contributed by atoms with van der Waals surface area (Å²) in [5.41, 5.74) is 1.80. The van der Waals surface area contributed by atoms with Crippen LogP contribution in [-0.4, -0.2) is 28.0 Å². The quantitative estimate of drug-likeness (QED) is 0.814. The predicted octanol–water partition coefficient (Wildman–Crippen LogP) is 2.22. The van der Waals surface area contributed by atoms with E-state index >= 15 is 0 Å². The van der Waals surface area contributed by atoms with Crippen LogP contribution in [0.1, 0.15) is 15.9 Å². The summed E-state index contributed by atoms with van der Waals surface area (Å²) in [6.45, 7) is 0.372. The van der Waals surface area contributed by atoms with Crippen LogP contribution in [0, 0.1) is 0 Å². The highest BCUT2D eigenvalue weighted by Gasteiger charge is 2.31. The molecule has 5 nitrogen and oxygen atoms in total. The smallest absolute Gasteiger partial charge is 0.337 e. The van der Waals surface area contributed by atoms with Gasteiger partial charge in [0.2, 0.25) is 0 Å². The van der Waals surface area contributed by atoms with E-state index in [1.165, 1.54) is 11.4 Å². The highest BCUT2D eigenvalue weighted by atomic mass is 32.2. The number of carbonyl (C=O) groups is 1. The highest BCUT2D eigenvalue weighted by Crippen LogP contribution is 2.33. The molecule has 114 valence electrons. The Kier molecular flexibility index (Phi) is 3.62. The average molecular weight is 317 g/mol. The van der Waals surface area contributed by atoms with Crippen molar-refractivity contribution in [3.63, 3.8) is 0 Å². The van der Waals surface area contributed by atoms with E-state index in [0.717, 1.165) is 5.56 Å². The van der Waals surface area contributed by atoms with E-state index in [2.05, 4.69) is 0 Å². The zero-order chi connectivity index (χ0) is 15.7. The summed E-state index contributed by atoms with van der Waals surface area (Å²) in [5, 5.41) is 0. The third-order valence-corrected chi connectivity index (χ3v) is 5.52. The number of carbonyl (C=O) groups excluding carboxylic acids is 1. The number of nitrogens with zero attached hydrogens (tertiary/aromatic N) is 1. The Balaban J connectivity index is 2.05. The first-order valence-corrected chi connectivity index (χ1v) is 8.27. The number of fused-ring (bicyclic) bond motifs is 1. The Morgan fingerprint density at radius 3 is 2.55 bits per heavy atom. The summed E-state index contributed by atoms with van der Waals surface area (Å²) < 4.78 is 31.6. The van der Waals surface area contributed by atoms with E-state index < -0.39 is 16.0 Å². The van der Waals surface area contributed by atoms with Gasteiger partial charge < -0.3 is 4.74 Å². The third kappa shape index (κ3) is 2.35. The van der Waals surface area contributed by atoms with Crippen molar-refractivity contribution < 1.29 is 17.9 Å². The number of rotatable bonds is 3. The van der Waals surface area contributed by atoms with Gasteiger partial charge in [0, 0.05) is 6.54 Å². The molecule has 0 aromatic heterocycles. The molecule has 0 unspecified atom stereocenters. The SMILES string of the molecule is COC(=O)c1ccc2c(c1)N(S(=O)(=O)c1ccccc1)CC2. The minimum absolute atomic E-state index is 0.242. The van der Waals surface area contributed by atoms with Gasteiger partial charge in [0.15, 0.2) is 0 Å². The number of hydrogen-bond acceptors (Lipinski definition) is 4. The molecule has 22 heavy (non-hydrogen) atoms. The molecule has 0 spiro atoms. The van der Waals surface area contributed by atoms with Crippen LogP contribution in [0.3, 0.4) is 0 Å². The Morgan fingerprint density at radius 2 is 1.86 bits per heavy atom. The largest absolute Gasteiger partial charge is 0.465 e. The molecule has 0 atom stereocenters. The zero-order valence-corrected chi connectivity index (χ0v) is 12.8. The van der Waals surface area contributed by atoms with Crippen LogP contribution in [0.4, 0.5) is 5.69 Å². The van der Waals surface area contributed by atoms with E-state index in [1.54, 1.807) is 48.5 Å². The first kappa shape index (κ1) is 14.6. The number of anilines is 1. The number of hydrogen-bond donors (Lipinski definition) is 0. The normalized spacial score (nSPS) is 13.8. The maximum atomic E-state index is 12.8. The van der Waals surface area contributed by atoms with Crippen molar-refractivity contribution in [2.24, 2.45) is 0 Å². The molecular weight excluding hydrogens is 302 g/mol. The number of sulfonamides is 1. The number of benzene rings is 2. The number of ether oxygens (including phenoxy) is 1. The van der Waals surface area contributed by atoms with E-state index in [9.17, 15) is 13.2 Å². The summed E-state index contributed by atoms with van der Waals surface area (Å²) in [7, 11) is -2.32. The van der Waals surface area contributed by atoms with Gasteiger partial charge in [-0.25, -0.2) is 13.2 Å². The van der Waals surface area contributed by atoms with E-state index in [4.69, 9.17) is 4.74 Å². The molecule has 0 bridgehead atoms. The monoisotopic (exact) mass is 317 g/mol. The molecule has 2 aromatic carbocycles. The zero-order valence-electron chi connectivity index (χ0n) is 12.0. The molecule has 6 heteroatoms. The van der Waals surface area contributed by atoms with Crippen LogP contribution in [0.25, 0.3) is 0 Å². The number of esters is 1. The molecule has 1 heterocycles. The van der Waals surface area contributed by atoms with Crippen molar-refractivity contribution in [3.05, 3.63) is 59.7 Å². The van der Waals surface area contributed by atoms with Crippen molar-refractivity contribution in [1.82, 2.24) is 0 Å². The second kappa shape index (κ2) is 5.46. The van der Waals surface area contributed by atoms with Gasteiger partial charge >= 0.3 is 5.97 Å². The summed E-state index contributed by atoms with van der Waals surface area (Å²) in [6, 6.07) is 13.3. The standard InChI is InChI=1S/C16H15NO4S/c1-21-16(18)13-8-7-12-9-10-17(15(12)11-13)22(19,20)14-5-3-2-4-6-14/h2-8,11H,9-10H2,1H3. The van der Waals surface area contributed by atoms with Gasteiger partial charge in [0.25, 0.3) is 10.0 Å². The van der Waals surface area contributed by atoms with Crippen LogP contribution in [0.2, 0.25) is 0 Å². The van der Waals surface area contributed by atoms with Gasteiger partial charge in [-0.05, 0) is 36.2 Å². The molecule has 0 N–H and O–H groups in total. The Bertz CT molecular complexity index is 815. The lowest BCUT2D eigenvalue weighted by Gasteiger charge is -2.20. The molecular formula is C16H15NO4S. The molecule has 0 saturated carbocycles. The Morgan fingerprint density at radius 1 is 1.14 bits per heavy atom. The molecule has 0 radical (unpaired) electrons. The minimum atomic E-state index is -3.62. The fourth-order valence-electron chi connectivity index (χ4n) is 2.56. The number of methoxy groups -OCH3 is 1. The van der Waals surface area contributed by atoms with Gasteiger partial charge in [0.05, 0.1) is 23.3 Å². The van der Waals surface area contributed by atoms with E-state index in [-0.39, 0.29) is 4.90 Å². The van der Waals surface area contributed by atoms with Crippen molar-refractivity contribution >= 4 is 21.7 Å². The van der Waals surface area contributed by atoms with Crippen LogP contribution in [-0.2, 0) is 21.2 Å². The van der Waals surface area contributed by atoms with Crippen LogP contribution >= 0.6 is 0 Å². The molecule has 3 rings (SSSR count). The topological polar surface area (TPSA) is 63.7 Å². The van der Waals surface area contributed by atoms with Crippen LogP contribution < -0.4 is 4.31 Å². The highest BCUT2D eigenvalue weighted by molar-refractivity contribution is 7.92. The van der Waals surface area contributed by atoms with Crippen molar-refractivity contribution in [1.29, 1.82) is 0 Å². The van der Waals surface area contributed by atoms with Gasteiger partial charge in [-0.1, -0.05) is 24.3 Å². The van der Waals surface area contributed by atoms with Crippen LogP contribution in [0.15, 0.2) is 53.4 Å². The van der Waals surface area contributed by atoms with Crippen molar-refractivity contribution in [2.45, 2.75) is 11.3 Å². The first-order chi connectivity index (χ1) is 10.5. The van der Waals surface area contributed by atoms with Gasteiger partial charge in [-0.2, -0.15) is 0 Å². The minimum Gasteiger partial charge on any atom is -0.465 e. The molecule has 2 aromatic rings. The van der Waals surface area contributed by atoms with Gasteiger partial charge in [0.1, 0.15) is 0 Å². The average Bonchev–Trinajstić information content (AvgIpc) is 2.98. The van der Waals surface area contributed by atoms with Crippen molar-refractivity contribution in [2.75, 3.05) is 18.0 Å².